The van der Waals surface area contributed by atoms with Crippen LogP contribution in [0.25, 0.3) is 0 Å². The molecule has 0 aliphatic rings. The molecule has 0 saturated heterocycles. The number of benzene rings is 3. The van der Waals surface area contributed by atoms with Crippen molar-refractivity contribution in [3.63, 3.8) is 0 Å². The van der Waals surface area contributed by atoms with Gasteiger partial charge in [0.25, 0.3) is 10.0 Å². The van der Waals surface area contributed by atoms with Crippen LogP contribution in [0.1, 0.15) is 38.8 Å². The predicted molar refractivity (Wildman–Crippen MR) is 168 cm³/mol. The van der Waals surface area contributed by atoms with Crippen molar-refractivity contribution in [1.29, 1.82) is 0 Å². The standard InChI is InChI=1S/C31H37Cl2N3O5S/c1-6-41-25-14-16-26(17-15-25)42(39,40)36(24-12-10-22(4)11-13-24)20-30(37)35(23(5)31(38)34-18-21(2)3)19-27-28(32)8-7-9-29(27)33/h7-17,21,23H,6,18-20H2,1-5H3,(H,34,38)/t23-/m0/s1. The van der Waals surface area contributed by atoms with Gasteiger partial charge in [-0.2, -0.15) is 0 Å². The van der Waals surface area contributed by atoms with E-state index in [1.807, 2.05) is 27.7 Å². The number of carbonyl (C=O) groups is 2. The van der Waals surface area contributed by atoms with Crippen LogP contribution < -0.4 is 14.4 Å². The van der Waals surface area contributed by atoms with Crippen LogP contribution in [-0.4, -0.2) is 50.9 Å². The lowest BCUT2D eigenvalue weighted by Gasteiger charge is -2.32. The van der Waals surface area contributed by atoms with E-state index in [0.29, 0.717) is 40.2 Å². The van der Waals surface area contributed by atoms with Crippen LogP contribution in [0.5, 0.6) is 5.75 Å². The molecule has 11 heteroatoms. The maximum atomic E-state index is 14.1. The number of nitrogens with zero attached hydrogens (tertiary/aromatic N) is 2. The molecule has 3 rings (SSSR count). The fourth-order valence-electron chi connectivity index (χ4n) is 4.13. The quantitative estimate of drug-likeness (QED) is 0.246. The molecule has 8 nitrogen and oxygen atoms in total. The molecular formula is C31H37Cl2N3O5S. The second-order valence-electron chi connectivity index (χ2n) is 10.3. The SMILES string of the molecule is CCOc1ccc(S(=O)(=O)N(CC(=O)N(Cc2c(Cl)cccc2Cl)[C@@H](C)C(=O)NCC(C)C)c2ccc(C)cc2)cc1. The van der Waals surface area contributed by atoms with Gasteiger partial charge in [-0.1, -0.05) is 60.8 Å². The van der Waals surface area contributed by atoms with E-state index >= 15 is 0 Å². The van der Waals surface area contributed by atoms with E-state index in [1.54, 1.807) is 61.5 Å². The first-order valence-electron chi connectivity index (χ1n) is 13.7. The molecule has 0 aromatic heterocycles. The summed E-state index contributed by atoms with van der Waals surface area (Å²) in [6.45, 7) is 9.42. The summed E-state index contributed by atoms with van der Waals surface area (Å²) >= 11 is 12.9. The zero-order valence-corrected chi connectivity index (χ0v) is 26.8. The third-order valence-electron chi connectivity index (χ3n) is 6.57. The highest BCUT2D eigenvalue weighted by molar-refractivity contribution is 7.92. The molecule has 1 N–H and O–H groups in total. The van der Waals surface area contributed by atoms with Crippen molar-refractivity contribution in [2.75, 3.05) is 24.0 Å². The van der Waals surface area contributed by atoms with Crippen molar-refractivity contribution >= 4 is 50.7 Å². The lowest BCUT2D eigenvalue weighted by molar-refractivity contribution is -0.139. The van der Waals surface area contributed by atoms with E-state index in [-0.39, 0.29) is 23.3 Å². The summed E-state index contributed by atoms with van der Waals surface area (Å²) in [5, 5.41) is 3.51. The van der Waals surface area contributed by atoms with E-state index in [1.165, 1.54) is 17.0 Å². The zero-order valence-electron chi connectivity index (χ0n) is 24.4. The van der Waals surface area contributed by atoms with Crippen LogP contribution >= 0.6 is 23.2 Å². The third-order valence-corrected chi connectivity index (χ3v) is 9.06. The summed E-state index contributed by atoms with van der Waals surface area (Å²) in [7, 11) is -4.21. The Morgan fingerprint density at radius 1 is 0.929 bits per heavy atom. The molecule has 3 aromatic carbocycles. The van der Waals surface area contributed by atoms with Gasteiger partial charge in [0.1, 0.15) is 18.3 Å². The number of anilines is 1. The van der Waals surface area contributed by atoms with Gasteiger partial charge in [-0.05, 0) is 75.2 Å². The number of nitrogens with one attached hydrogen (secondary N) is 1. The van der Waals surface area contributed by atoms with E-state index in [9.17, 15) is 18.0 Å². The highest BCUT2D eigenvalue weighted by Crippen LogP contribution is 2.29. The minimum Gasteiger partial charge on any atom is -0.494 e. The molecule has 226 valence electrons. The van der Waals surface area contributed by atoms with Gasteiger partial charge < -0.3 is 15.0 Å². The molecule has 0 fully saturated rings. The third kappa shape index (κ3) is 8.40. The van der Waals surface area contributed by atoms with E-state index < -0.39 is 28.5 Å². The lowest BCUT2D eigenvalue weighted by atomic mass is 10.1. The molecule has 0 unspecified atom stereocenters. The second kappa shape index (κ2) is 14.8. The Bertz CT molecular complexity index is 1460. The number of hydrogen-bond acceptors (Lipinski definition) is 5. The highest BCUT2D eigenvalue weighted by Gasteiger charge is 2.33. The van der Waals surface area contributed by atoms with Crippen LogP contribution in [0.2, 0.25) is 10.0 Å². The van der Waals surface area contributed by atoms with Crippen LogP contribution in [0.15, 0.2) is 71.6 Å². The van der Waals surface area contributed by atoms with E-state index in [0.717, 1.165) is 9.87 Å². The molecule has 0 spiro atoms. The highest BCUT2D eigenvalue weighted by atomic mass is 35.5. The lowest BCUT2D eigenvalue weighted by Crippen LogP contribution is -2.51. The average Bonchev–Trinajstić information content (AvgIpc) is 2.95. The number of ether oxygens (including phenoxy) is 1. The van der Waals surface area contributed by atoms with Crippen molar-refractivity contribution in [2.45, 2.75) is 52.1 Å². The Balaban J connectivity index is 2.04. The molecule has 3 aromatic rings. The number of halogens is 2. The monoisotopic (exact) mass is 633 g/mol. The first-order chi connectivity index (χ1) is 19.8. The summed E-state index contributed by atoms with van der Waals surface area (Å²) in [6.07, 6.45) is 0. The Morgan fingerprint density at radius 3 is 2.07 bits per heavy atom. The Labute approximate surface area is 258 Å². The summed E-state index contributed by atoms with van der Waals surface area (Å²) in [5.74, 6) is -0.261. The molecule has 0 radical (unpaired) electrons. The summed E-state index contributed by atoms with van der Waals surface area (Å²) < 4.78 is 34.5. The molecule has 0 aliphatic carbocycles. The van der Waals surface area contributed by atoms with Gasteiger partial charge in [0.05, 0.1) is 17.2 Å². The van der Waals surface area contributed by atoms with Gasteiger partial charge in [0, 0.05) is 28.7 Å². The van der Waals surface area contributed by atoms with Crippen LogP contribution in [0.3, 0.4) is 0 Å². The normalized spacial score (nSPS) is 12.1. The molecule has 0 aliphatic heterocycles. The largest absolute Gasteiger partial charge is 0.494 e. The van der Waals surface area contributed by atoms with Crippen LogP contribution in [0, 0.1) is 12.8 Å². The maximum absolute atomic E-state index is 14.1. The maximum Gasteiger partial charge on any atom is 0.264 e. The van der Waals surface area contributed by atoms with Crippen molar-refractivity contribution < 1.29 is 22.7 Å². The zero-order chi connectivity index (χ0) is 31.0. The molecular weight excluding hydrogens is 597 g/mol. The average molecular weight is 635 g/mol. The van der Waals surface area contributed by atoms with Gasteiger partial charge in [0.2, 0.25) is 11.8 Å². The molecule has 0 heterocycles. The number of rotatable bonds is 13. The summed E-state index contributed by atoms with van der Waals surface area (Å²) in [5.41, 5.74) is 1.68. The van der Waals surface area contributed by atoms with E-state index in [2.05, 4.69) is 5.32 Å². The summed E-state index contributed by atoms with van der Waals surface area (Å²) in [6, 6.07) is 16.9. The van der Waals surface area contributed by atoms with Gasteiger partial charge in [-0.25, -0.2) is 8.42 Å². The number of amides is 2. The number of aryl methyl sites for hydroxylation is 1. The molecule has 2 amide bonds. The molecule has 1 atom stereocenters. The number of sulfonamides is 1. The van der Waals surface area contributed by atoms with Crippen molar-refractivity contribution in [3.8, 4) is 5.75 Å². The smallest absolute Gasteiger partial charge is 0.264 e. The summed E-state index contributed by atoms with van der Waals surface area (Å²) in [4.78, 5) is 28.5. The minimum absolute atomic E-state index is 0.0113. The first kappa shape index (κ1) is 33.2. The topological polar surface area (TPSA) is 96.0 Å². The van der Waals surface area contributed by atoms with Crippen molar-refractivity contribution in [2.24, 2.45) is 5.92 Å². The molecule has 0 saturated carbocycles. The van der Waals surface area contributed by atoms with Gasteiger partial charge in [-0.15, -0.1) is 0 Å². The molecule has 42 heavy (non-hydrogen) atoms. The predicted octanol–water partition coefficient (Wildman–Crippen LogP) is 6.09. The molecule has 0 bridgehead atoms. The Morgan fingerprint density at radius 2 is 1.52 bits per heavy atom. The van der Waals surface area contributed by atoms with Gasteiger partial charge in [-0.3, -0.25) is 13.9 Å². The number of hydrogen-bond donors (Lipinski definition) is 1. The minimum atomic E-state index is -4.21. The Hall–Kier alpha value is -3.27. The van der Waals surface area contributed by atoms with Crippen LogP contribution in [-0.2, 0) is 26.2 Å². The Kier molecular flexibility index (Phi) is 11.7. The fourth-order valence-corrected chi connectivity index (χ4v) is 6.06. The fraction of sp³-hybridized carbons (Fsp3) is 0.355. The van der Waals surface area contributed by atoms with Gasteiger partial charge >= 0.3 is 0 Å². The van der Waals surface area contributed by atoms with Crippen LogP contribution in [0.4, 0.5) is 5.69 Å². The number of carbonyl (C=O) groups excluding carboxylic acids is 2. The first-order valence-corrected chi connectivity index (χ1v) is 15.9. The second-order valence-corrected chi connectivity index (χ2v) is 13.0. The van der Waals surface area contributed by atoms with Crippen molar-refractivity contribution in [3.05, 3.63) is 87.9 Å². The van der Waals surface area contributed by atoms with Gasteiger partial charge in [0.15, 0.2) is 0 Å². The van der Waals surface area contributed by atoms with Crippen molar-refractivity contribution in [1.82, 2.24) is 10.2 Å². The van der Waals surface area contributed by atoms with E-state index in [4.69, 9.17) is 27.9 Å².